The Bertz CT molecular complexity index is 112. The maximum atomic E-state index is 5.30. The second-order valence-corrected chi connectivity index (χ2v) is 2.73. The van der Waals surface area contributed by atoms with Crippen molar-refractivity contribution in [2.75, 3.05) is 5.73 Å². The number of hydrogen-bond acceptors (Lipinski definition) is 2. The fourth-order valence-corrected chi connectivity index (χ4v) is 0.992. The van der Waals surface area contributed by atoms with Crippen molar-refractivity contribution in [3.05, 3.63) is 12.3 Å². The van der Waals surface area contributed by atoms with E-state index < -0.39 is 0 Å². The van der Waals surface area contributed by atoms with Crippen LogP contribution in [0.15, 0.2) is 12.3 Å². The van der Waals surface area contributed by atoms with Gasteiger partial charge in [0.1, 0.15) is 0 Å². The maximum absolute atomic E-state index is 5.30. The predicted octanol–water partition coefficient (Wildman–Crippen LogP) is -0.279. The third-order valence-electron chi connectivity index (χ3n) is 0.458. The fraction of sp³-hybridized carbons (Fsp3) is 0. The molecular formula is C3H4N2Se. The molecule has 0 aromatic carbocycles. The molecule has 0 aliphatic heterocycles. The Morgan fingerprint density at radius 3 is 2.83 bits per heavy atom. The molecule has 0 bridgehead atoms. The van der Waals surface area contributed by atoms with E-state index in [4.69, 9.17) is 5.73 Å². The van der Waals surface area contributed by atoms with E-state index in [1.165, 1.54) is 0 Å². The van der Waals surface area contributed by atoms with Gasteiger partial charge in [0.05, 0.1) is 0 Å². The number of nitrogens with zero attached hydrogens (tertiary/aromatic N) is 1. The van der Waals surface area contributed by atoms with E-state index in [-0.39, 0.29) is 14.7 Å². The molecule has 1 heterocycles. The number of anilines is 1. The van der Waals surface area contributed by atoms with E-state index in [1.807, 2.05) is 6.07 Å². The van der Waals surface area contributed by atoms with Crippen LogP contribution < -0.4 is 5.73 Å². The van der Waals surface area contributed by atoms with Gasteiger partial charge in [-0.3, -0.25) is 0 Å². The summed E-state index contributed by atoms with van der Waals surface area (Å²) in [7, 11) is 0. The molecule has 32 valence electrons. The summed E-state index contributed by atoms with van der Waals surface area (Å²) in [5.41, 5.74) is 5.30. The molecule has 3 heteroatoms. The van der Waals surface area contributed by atoms with E-state index in [9.17, 15) is 0 Å². The van der Waals surface area contributed by atoms with E-state index >= 15 is 0 Å². The number of nitrogen functional groups attached to an aromatic ring is 1. The molecule has 1 aromatic heterocycles. The van der Waals surface area contributed by atoms with Gasteiger partial charge < -0.3 is 0 Å². The van der Waals surface area contributed by atoms with E-state index in [2.05, 4.69) is 3.98 Å². The van der Waals surface area contributed by atoms with Crippen molar-refractivity contribution >= 4 is 19.3 Å². The molecule has 0 aliphatic carbocycles. The first kappa shape index (κ1) is 3.90. The van der Waals surface area contributed by atoms with Crippen molar-refractivity contribution in [1.82, 2.24) is 3.98 Å². The summed E-state index contributed by atoms with van der Waals surface area (Å²) in [6.45, 7) is 0. The minimum atomic E-state index is 0.236. The summed E-state index contributed by atoms with van der Waals surface area (Å²) in [5, 5.41) is 0. The molecule has 2 N–H and O–H groups in total. The average molecular weight is 147 g/mol. The second kappa shape index (κ2) is 1.45. The summed E-state index contributed by atoms with van der Waals surface area (Å²) < 4.78 is 4.80. The summed E-state index contributed by atoms with van der Waals surface area (Å²) >= 11 is 0.236. The van der Waals surface area contributed by atoms with Gasteiger partial charge in [0.25, 0.3) is 0 Å². The van der Waals surface area contributed by atoms with Gasteiger partial charge in [0.2, 0.25) is 0 Å². The predicted molar refractivity (Wildman–Crippen MR) is 25.6 cm³/mol. The standard InChI is InChI=1S/C3H4N2Se/c4-3-1-2-5-6-3/h1-2H,4H2. The summed E-state index contributed by atoms with van der Waals surface area (Å²) in [4.78, 5) is 0. The molecule has 0 unspecified atom stereocenters. The Kier molecular flexibility index (Phi) is 0.945. The van der Waals surface area contributed by atoms with Gasteiger partial charge >= 0.3 is 41.3 Å². The van der Waals surface area contributed by atoms with E-state index in [0.29, 0.717) is 0 Å². The first-order chi connectivity index (χ1) is 2.89. The molecule has 0 saturated heterocycles. The van der Waals surface area contributed by atoms with E-state index in [1.54, 1.807) is 6.20 Å². The van der Waals surface area contributed by atoms with Crippen molar-refractivity contribution < 1.29 is 0 Å². The molecule has 2 nitrogen and oxygen atoms in total. The van der Waals surface area contributed by atoms with Gasteiger partial charge in [0, 0.05) is 0 Å². The van der Waals surface area contributed by atoms with Crippen molar-refractivity contribution in [2.45, 2.75) is 0 Å². The number of aromatic nitrogens is 1. The Morgan fingerprint density at radius 2 is 2.67 bits per heavy atom. The van der Waals surface area contributed by atoms with Crippen LogP contribution in [0.25, 0.3) is 0 Å². The van der Waals surface area contributed by atoms with Gasteiger partial charge in [-0.15, -0.1) is 0 Å². The molecular weight excluding hydrogens is 143 g/mol. The average Bonchev–Trinajstić information content (AvgIpc) is 1.86. The normalized spacial score (nSPS) is 8.67. The van der Waals surface area contributed by atoms with Crippen LogP contribution >= 0.6 is 0 Å². The van der Waals surface area contributed by atoms with Crippen LogP contribution in [0, 0.1) is 0 Å². The zero-order chi connectivity index (χ0) is 4.41. The summed E-state index contributed by atoms with van der Waals surface area (Å²) in [5.74, 6) is 0. The number of rotatable bonds is 0. The van der Waals surface area contributed by atoms with Gasteiger partial charge in [-0.05, 0) is 0 Å². The molecule has 0 amide bonds. The van der Waals surface area contributed by atoms with Gasteiger partial charge in [-0.1, -0.05) is 0 Å². The van der Waals surface area contributed by atoms with Gasteiger partial charge in [-0.25, -0.2) is 0 Å². The number of nitrogens with two attached hydrogens (primary N) is 1. The summed E-state index contributed by atoms with van der Waals surface area (Å²) in [6, 6.07) is 1.83. The van der Waals surface area contributed by atoms with Crippen LogP contribution in [0.4, 0.5) is 4.56 Å². The summed E-state index contributed by atoms with van der Waals surface area (Å²) in [6.07, 6.45) is 1.75. The third-order valence-corrected chi connectivity index (χ3v) is 1.66. The first-order valence-electron chi connectivity index (χ1n) is 1.56. The van der Waals surface area contributed by atoms with Crippen LogP contribution in [0.3, 0.4) is 0 Å². The third kappa shape index (κ3) is 0.614. The van der Waals surface area contributed by atoms with Gasteiger partial charge in [0.15, 0.2) is 0 Å². The number of hydrogen-bond donors (Lipinski definition) is 1. The van der Waals surface area contributed by atoms with Crippen LogP contribution in [0.2, 0.25) is 0 Å². The molecule has 0 saturated carbocycles. The Balaban J connectivity index is 3.05. The van der Waals surface area contributed by atoms with Gasteiger partial charge in [-0.2, -0.15) is 0 Å². The van der Waals surface area contributed by atoms with Crippen molar-refractivity contribution in [1.29, 1.82) is 0 Å². The Morgan fingerprint density at radius 1 is 1.83 bits per heavy atom. The molecule has 1 aromatic rings. The molecule has 0 aliphatic rings. The van der Waals surface area contributed by atoms with Crippen LogP contribution in [-0.2, 0) is 0 Å². The van der Waals surface area contributed by atoms with E-state index in [0.717, 1.165) is 4.56 Å². The van der Waals surface area contributed by atoms with Crippen molar-refractivity contribution in [3.8, 4) is 0 Å². The molecule has 1 rings (SSSR count). The quantitative estimate of drug-likeness (QED) is 0.512. The van der Waals surface area contributed by atoms with Crippen LogP contribution in [0.5, 0.6) is 0 Å². The molecule has 6 heavy (non-hydrogen) atoms. The van der Waals surface area contributed by atoms with Crippen molar-refractivity contribution in [3.63, 3.8) is 0 Å². The Hall–Kier alpha value is -0.271. The molecule has 0 atom stereocenters. The second-order valence-electron chi connectivity index (χ2n) is 0.915. The zero-order valence-electron chi connectivity index (χ0n) is 3.09. The molecule has 0 radical (unpaired) electrons. The first-order valence-corrected chi connectivity index (χ1v) is 3.18. The van der Waals surface area contributed by atoms with Crippen molar-refractivity contribution in [2.24, 2.45) is 0 Å². The SMILES string of the molecule is Nc1ccn[se]1. The fourth-order valence-electron chi connectivity index (χ4n) is 0.226. The zero-order valence-corrected chi connectivity index (χ0v) is 4.80. The van der Waals surface area contributed by atoms with Crippen LogP contribution in [-0.4, -0.2) is 18.7 Å². The molecule has 0 spiro atoms. The van der Waals surface area contributed by atoms with Crippen LogP contribution in [0.1, 0.15) is 0 Å². The topological polar surface area (TPSA) is 38.9 Å². The molecule has 0 fully saturated rings. The monoisotopic (exact) mass is 148 g/mol. The Labute approximate surface area is 42.0 Å². The minimum absolute atomic E-state index is 0.236.